The number of benzene rings is 1. The summed E-state index contributed by atoms with van der Waals surface area (Å²) in [6, 6.07) is 10.7. The van der Waals surface area contributed by atoms with Crippen LogP contribution in [0.2, 0.25) is 0 Å². The molecule has 1 N–H and O–H groups in total. The molecule has 0 spiro atoms. The Balaban J connectivity index is 1.84. The van der Waals surface area contributed by atoms with Crippen molar-refractivity contribution in [2.75, 3.05) is 6.54 Å². The van der Waals surface area contributed by atoms with Gasteiger partial charge in [-0.3, -0.25) is 0 Å². The maximum absolute atomic E-state index is 12.2. The fraction of sp³-hybridized carbons (Fsp3) is 0.375. The van der Waals surface area contributed by atoms with Gasteiger partial charge in [-0.05, 0) is 42.2 Å². The van der Waals surface area contributed by atoms with Gasteiger partial charge in [-0.2, -0.15) is 0 Å². The Labute approximate surface area is 140 Å². The van der Waals surface area contributed by atoms with Crippen molar-refractivity contribution in [2.24, 2.45) is 5.92 Å². The van der Waals surface area contributed by atoms with Crippen LogP contribution in [0.3, 0.4) is 0 Å². The molecule has 4 nitrogen and oxygen atoms in total. The first-order chi connectivity index (χ1) is 10.5. The molecular formula is C16H20BrNO3S. The van der Waals surface area contributed by atoms with Crippen LogP contribution in [0.5, 0.6) is 0 Å². The number of alkyl halides is 1. The predicted octanol–water partition coefficient (Wildman–Crippen LogP) is 3.72. The number of hydrogen-bond donors (Lipinski definition) is 1. The zero-order valence-electron chi connectivity index (χ0n) is 12.5. The van der Waals surface area contributed by atoms with Crippen LogP contribution in [0.15, 0.2) is 52.0 Å². The minimum atomic E-state index is -3.43. The molecule has 0 fully saturated rings. The number of sulfonamides is 1. The molecule has 1 aromatic heterocycles. The highest BCUT2D eigenvalue weighted by Gasteiger charge is 2.14. The minimum absolute atomic E-state index is 0.302. The molecule has 0 aliphatic rings. The monoisotopic (exact) mass is 385 g/mol. The van der Waals surface area contributed by atoms with E-state index in [2.05, 4.69) is 27.6 Å². The average Bonchev–Trinajstić information content (AvgIpc) is 3.00. The van der Waals surface area contributed by atoms with Gasteiger partial charge in [0.1, 0.15) is 5.76 Å². The van der Waals surface area contributed by atoms with Gasteiger partial charge in [-0.25, -0.2) is 13.1 Å². The topological polar surface area (TPSA) is 59.3 Å². The number of halogens is 1. The average molecular weight is 386 g/mol. The lowest BCUT2D eigenvalue weighted by atomic mass is 10.0. The molecule has 1 atom stereocenters. The van der Waals surface area contributed by atoms with Gasteiger partial charge >= 0.3 is 0 Å². The Morgan fingerprint density at radius 3 is 2.55 bits per heavy atom. The summed E-state index contributed by atoms with van der Waals surface area (Å²) in [5.74, 6) is 1.28. The van der Waals surface area contributed by atoms with E-state index < -0.39 is 10.0 Å². The molecule has 6 heteroatoms. The van der Waals surface area contributed by atoms with E-state index >= 15 is 0 Å². The number of furan rings is 1. The Morgan fingerprint density at radius 2 is 1.95 bits per heavy atom. The Hall–Kier alpha value is -1.11. The molecule has 1 heterocycles. The van der Waals surface area contributed by atoms with Crippen LogP contribution in [0, 0.1) is 5.92 Å². The molecule has 0 aliphatic carbocycles. The highest BCUT2D eigenvalue weighted by molar-refractivity contribution is 9.08. The van der Waals surface area contributed by atoms with E-state index in [0.717, 1.165) is 24.2 Å². The standard InChI is InChI=1S/C16H20BrNO3S/c1-13(11-15-3-2-10-21-15)8-9-18-22(19,20)16-6-4-14(12-17)5-7-16/h2-7,10,13,18H,8-9,11-12H2,1H3. The predicted molar refractivity (Wildman–Crippen MR) is 90.5 cm³/mol. The van der Waals surface area contributed by atoms with Gasteiger partial charge in [0.25, 0.3) is 0 Å². The van der Waals surface area contributed by atoms with E-state index in [1.165, 1.54) is 0 Å². The van der Waals surface area contributed by atoms with Crippen molar-refractivity contribution in [1.82, 2.24) is 4.72 Å². The first kappa shape index (κ1) is 17.2. The van der Waals surface area contributed by atoms with Crippen LogP contribution < -0.4 is 4.72 Å². The van der Waals surface area contributed by atoms with Crippen molar-refractivity contribution in [1.29, 1.82) is 0 Å². The lowest BCUT2D eigenvalue weighted by Crippen LogP contribution is -2.26. The molecule has 0 aliphatic heterocycles. The molecular weight excluding hydrogens is 366 g/mol. The maximum atomic E-state index is 12.2. The van der Waals surface area contributed by atoms with Crippen LogP contribution in [0.25, 0.3) is 0 Å². The zero-order valence-corrected chi connectivity index (χ0v) is 14.9. The van der Waals surface area contributed by atoms with Crippen molar-refractivity contribution >= 4 is 26.0 Å². The third-order valence-electron chi connectivity index (χ3n) is 3.45. The Kier molecular flexibility index (Phi) is 6.23. The lowest BCUT2D eigenvalue weighted by molar-refractivity contribution is 0.440. The fourth-order valence-corrected chi connectivity index (χ4v) is 3.58. The summed E-state index contributed by atoms with van der Waals surface area (Å²) >= 11 is 3.34. The Bertz CT molecular complexity index is 666. The molecule has 0 saturated heterocycles. The lowest BCUT2D eigenvalue weighted by Gasteiger charge is -2.11. The third kappa shape index (κ3) is 4.97. The van der Waals surface area contributed by atoms with Crippen molar-refractivity contribution in [3.05, 3.63) is 54.0 Å². The molecule has 120 valence electrons. The van der Waals surface area contributed by atoms with Crippen LogP contribution in [0.4, 0.5) is 0 Å². The van der Waals surface area contributed by atoms with Crippen molar-refractivity contribution in [2.45, 2.75) is 30.0 Å². The smallest absolute Gasteiger partial charge is 0.240 e. The minimum Gasteiger partial charge on any atom is -0.469 e. The summed E-state index contributed by atoms with van der Waals surface area (Å²) in [5, 5.41) is 0.713. The van der Waals surface area contributed by atoms with Gasteiger partial charge in [-0.1, -0.05) is 35.0 Å². The third-order valence-corrected chi connectivity index (χ3v) is 5.57. The second kappa shape index (κ2) is 7.94. The number of rotatable bonds is 8. The van der Waals surface area contributed by atoms with Crippen LogP contribution >= 0.6 is 15.9 Å². The second-order valence-corrected chi connectivity index (χ2v) is 7.68. The fourth-order valence-electron chi connectivity index (χ4n) is 2.15. The van der Waals surface area contributed by atoms with E-state index in [1.807, 2.05) is 24.3 Å². The van der Waals surface area contributed by atoms with E-state index in [1.54, 1.807) is 18.4 Å². The SMILES string of the molecule is CC(CCNS(=O)(=O)c1ccc(CBr)cc1)Cc1ccco1. The molecule has 2 aromatic rings. The first-order valence-electron chi connectivity index (χ1n) is 7.18. The molecule has 2 rings (SSSR count). The Morgan fingerprint density at radius 1 is 1.23 bits per heavy atom. The van der Waals surface area contributed by atoms with E-state index in [4.69, 9.17) is 4.42 Å². The highest BCUT2D eigenvalue weighted by atomic mass is 79.9. The van der Waals surface area contributed by atoms with Gasteiger partial charge < -0.3 is 4.42 Å². The molecule has 0 bridgehead atoms. The molecule has 0 amide bonds. The van der Waals surface area contributed by atoms with Gasteiger partial charge in [0.2, 0.25) is 10.0 Å². The summed E-state index contributed by atoms with van der Waals surface area (Å²) in [6.07, 6.45) is 3.23. The van der Waals surface area contributed by atoms with Crippen LogP contribution in [0.1, 0.15) is 24.7 Å². The summed E-state index contributed by atoms with van der Waals surface area (Å²) in [5.41, 5.74) is 1.05. The van der Waals surface area contributed by atoms with Gasteiger partial charge in [0.15, 0.2) is 0 Å². The van der Waals surface area contributed by atoms with Crippen LogP contribution in [-0.2, 0) is 21.8 Å². The molecule has 0 radical (unpaired) electrons. The largest absolute Gasteiger partial charge is 0.469 e. The van der Waals surface area contributed by atoms with Crippen molar-refractivity contribution < 1.29 is 12.8 Å². The summed E-state index contributed by atoms with van der Waals surface area (Å²) < 4.78 is 32.3. The molecule has 1 aromatic carbocycles. The normalized spacial score (nSPS) is 13.2. The van der Waals surface area contributed by atoms with Crippen molar-refractivity contribution in [3.63, 3.8) is 0 Å². The van der Waals surface area contributed by atoms with Gasteiger partial charge in [-0.15, -0.1) is 0 Å². The van der Waals surface area contributed by atoms with E-state index in [9.17, 15) is 8.42 Å². The number of nitrogens with one attached hydrogen (secondary N) is 1. The summed E-state index contributed by atoms with van der Waals surface area (Å²) in [7, 11) is -3.43. The number of hydrogen-bond acceptors (Lipinski definition) is 3. The highest BCUT2D eigenvalue weighted by Crippen LogP contribution is 2.14. The zero-order chi connectivity index (χ0) is 16.0. The summed E-state index contributed by atoms with van der Waals surface area (Å²) in [4.78, 5) is 0.302. The van der Waals surface area contributed by atoms with Crippen LogP contribution in [-0.4, -0.2) is 15.0 Å². The summed E-state index contributed by atoms with van der Waals surface area (Å²) in [6.45, 7) is 2.51. The molecule has 22 heavy (non-hydrogen) atoms. The van der Waals surface area contributed by atoms with Gasteiger partial charge in [0.05, 0.1) is 11.2 Å². The first-order valence-corrected chi connectivity index (χ1v) is 9.78. The van der Waals surface area contributed by atoms with Gasteiger partial charge in [0, 0.05) is 18.3 Å². The van der Waals surface area contributed by atoms with E-state index in [-0.39, 0.29) is 0 Å². The second-order valence-electron chi connectivity index (χ2n) is 5.35. The quantitative estimate of drug-likeness (QED) is 0.704. The van der Waals surface area contributed by atoms with Crippen molar-refractivity contribution in [3.8, 4) is 0 Å². The molecule has 1 unspecified atom stereocenters. The van der Waals surface area contributed by atoms with E-state index in [0.29, 0.717) is 22.7 Å². The molecule has 0 saturated carbocycles. The maximum Gasteiger partial charge on any atom is 0.240 e.